The van der Waals surface area contributed by atoms with E-state index in [1.165, 1.54) is 34.1 Å². The van der Waals surface area contributed by atoms with Crippen LogP contribution < -0.4 is 9.80 Å². The van der Waals surface area contributed by atoms with Crippen molar-refractivity contribution in [3.8, 4) is 0 Å². The highest BCUT2D eigenvalue weighted by Crippen LogP contribution is 2.45. The molecule has 3 aliphatic heterocycles. The van der Waals surface area contributed by atoms with E-state index < -0.39 is 0 Å². The number of ether oxygens (including phenoxy) is 2. The highest BCUT2D eigenvalue weighted by Gasteiger charge is 2.35. The largest absolute Gasteiger partial charge is 0.378 e. The van der Waals surface area contributed by atoms with Crippen molar-refractivity contribution in [2.45, 2.75) is 51.7 Å². The molecule has 0 saturated carbocycles. The van der Waals surface area contributed by atoms with E-state index in [1.807, 2.05) is 0 Å². The lowest BCUT2D eigenvalue weighted by molar-refractivity contribution is -0.0558. The molecule has 0 N–H and O–H groups in total. The average Bonchev–Trinajstić information content (AvgIpc) is 3.47. The second-order valence-electron chi connectivity index (χ2n) is 9.11. The Bertz CT molecular complexity index is 1140. The Labute approximate surface area is 186 Å². The molecule has 1 atom stereocenters. The Kier molecular flexibility index (Phi) is 4.77. The van der Waals surface area contributed by atoms with Crippen LogP contribution in [-0.2, 0) is 22.5 Å². The number of rotatable bonds is 3. The molecule has 31 heavy (non-hydrogen) atoms. The van der Waals surface area contributed by atoms with E-state index >= 15 is 0 Å². The Morgan fingerprint density at radius 3 is 2.58 bits per heavy atom. The fraction of sp³-hybridized carbons (Fsp3) is 0.609. The van der Waals surface area contributed by atoms with E-state index in [0.717, 1.165) is 74.2 Å². The number of fused-ring (bicyclic) bond motifs is 5. The normalized spacial score (nSPS) is 24.3. The Balaban J connectivity index is 1.60. The van der Waals surface area contributed by atoms with Crippen LogP contribution in [0.3, 0.4) is 0 Å². The Morgan fingerprint density at radius 1 is 1.03 bits per heavy atom. The van der Waals surface area contributed by atoms with Crippen LogP contribution in [0.5, 0.6) is 0 Å². The molecule has 2 saturated heterocycles. The summed E-state index contributed by atoms with van der Waals surface area (Å²) in [6.45, 7) is 10.5. The molecule has 8 heteroatoms. The molecule has 7 nitrogen and oxygen atoms in total. The topological polar surface area (TPSA) is 63.6 Å². The van der Waals surface area contributed by atoms with Gasteiger partial charge in [0.1, 0.15) is 22.8 Å². The number of aromatic nitrogens is 3. The van der Waals surface area contributed by atoms with Gasteiger partial charge in [-0.05, 0) is 31.7 Å². The molecule has 6 rings (SSSR count). The highest BCUT2D eigenvalue weighted by atomic mass is 32.1. The van der Waals surface area contributed by atoms with Gasteiger partial charge in [-0.1, -0.05) is 6.92 Å². The number of anilines is 2. The zero-order chi connectivity index (χ0) is 21.0. The van der Waals surface area contributed by atoms with Gasteiger partial charge in [0, 0.05) is 43.5 Å². The summed E-state index contributed by atoms with van der Waals surface area (Å²) in [5.41, 5.74) is 3.53. The maximum absolute atomic E-state index is 6.38. The minimum atomic E-state index is -0.150. The van der Waals surface area contributed by atoms with Crippen LogP contribution in [0.2, 0.25) is 0 Å². The third kappa shape index (κ3) is 3.18. The van der Waals surface area contributed by atoms with Gasteiger partial charge < -0.3 is 19.3 Å². The molecule has 164 valence electrons. The lowest BCUT2D eigenvalue weighted by atomic mass is 9.87. The van der Waals surface area contributed by atoms with Gasteiger partial charge in [-0.15, -0.1) is 11.3 Å². The molecule has 0 radical (unpaired) electrons. The van der Waals surface area contributed by atoms with Crippen molar-refractivity contribution < 1.29 is 9.47 Å². The monoisotopic (exact) mass is 439 g/mol. The number of thiophene rings is 1. The van der Waals surface area contributed by atoms with E-state index in [-0.39, 0.29) is 5.60 Å². The number of morpholine rings is 1. The van der Waals surface area contributed by atoms with Gasteiger partial charge in [0.15, 0.2) is 0 Å². The standard InChI is InChI=1S/C23H29N5O2S/c1-3-23(2)12-15-16(13-30-23)20(28-8-10-29-11-9-28)26-22-17(15)18-19(31-22)21(25-14-24-18)27-6-4-5-7-27/h14H,3-13H2,1-2H3. The Hall–Kier alpha value is -2.03. The minimum Gasteiger partial charge on any atom is -0.378 e. The van der Waals surface area contributed by atoms with Gasteiger partial charge in [-0.2, -0.15) is 0 Å². The van der Waals surface area contributed by atoms with Crippen molar-refractivity contribution in [1.82, 2.24) is 15.0 Å². The lowest BCUT2D eigenvalue weighted by Crippen LogP contribution is -2.40. The Morgan fingerprint density at radius 2 is 1.81 bits per heavy atom. The molecule has 6 heterocycles. The van der Waals surface area contributed by atoms with Gasteiger partial charge in [0.25, 0.3) is 0 Å². The first-order valence-corrected chi connectivity index (χ1v) is 12.3. The fourth-order valence-electron chi connectivity index (χ4n) is 5.12. The molecule has 3 aromatic rings. The van der Waals surface area contributed by atoms with Crippen LogP contribution in [0.1, 0.15) is 44.2 Å². The molecule has 3 aliphatic rings. The van der Waals surface area contributed by atoms with E-state index in [4.69, 9.17) is 24.4 Å². The predicted molar refractivity (Wildman–Crippen MR) is 124 cm³/mol. The maximum atomic E-state index is 6.38. The molecule has 2 fully saturated rings. The molecular weight excluding hydrogens is 410 g/mol. The first kappa shape index (κ1) is 19.6. The van der Waals surface area contributed by atoms with Crippen molar-refractivity contribution in [2.24, 2.45) is 0 Å². The molecule has 0 amide bonds. The average molecular weight is 440 g/mol. The van der Waals surface area contributed by atoms with Crippen molar-refractivity contribution in [3.05, 3.63) is 17.5 Å². The van der Waals surface area contributed by atoms with Crippen molar-refractivity contribution in [3.63, 3.8) is 0 Å². The van der Waals surface area contributed by atoms with E-state index in [2.05, 4.69) is 23.6 Å². The van der Waals surface area contributed by atoms with Crippen LogP contribution in [0.25, 0.3) is 20.4 Å². The van der Waals surface area contributed by atoms with Crippen LogP contribution >= 0.6 is 11.3 Å². The first-order chi connectivity index (χ1) is 15.2. The number of pyridine rings is 1. The van der Waals surface area contributed by atoms with Crippen molar-refractivity contribution >= 4 is 43.4 Å². The van der Waals surface area contributed by atoms with Crippen LogP contribution in [0, 0.1) is 0 Å². The summed E-state index contributed by atoms with van der Waals surface area (Å²) in [5, 5.41) is 1.22. The third-order valence-electron chi connectivity index (χ3n) is 7.16. The third-order valence-corrected chi connectivity index (χ3v) is 8.23. The summed E-state index contributed by atoms with van der Waals surface area (Å²) in [6, 6.07) is 0. The minimum absolute atomic E-state index is 0.150. The summed E-state index contributed by atoms with van der Waals surface area (Å²) in [5.74, 6) is 2.16. The quantitative estimate of drug-likeness (QED) is 0.613. The molecule has 0 aromatic carbocycles. The molecule has 1 unspecified atom stereocenters. The summed E-state index contributed by atoms with van der Waals surface area (Å²) in [4.78, 5) is 20.6. The van der Waals surface area contributed by atoms with Gasteiger partial charge in [-0.25, -0.2) is 15.0 Å². The van der Waals surface area contributed by atoms with Gasteiger partial charge in [0.05, 0.1) is 35.6 Å². The van der Waals surface area contributed by atoms with Crippen molar-refractivity contribution in [1.29, 1.82) is 0 Å². The second-order valence-corrected chi connectivity index (χ2v) is 10.1. The SMILES string of the molecule is CCC1(C)Cc2c(c(N3CCOCC3)nc3sc4c(N5CCCC5)ncnc4c23)CO1. The predicted octanol–water partition coefficient (Wildman–Crippen LogP) is 3.92. The summed E-state index contributed by atoms with van der Waals surface area (Å²) in [6.07, 6.45) is 6.08. The smallest absolute Gasteiger partial charge is 0.150 e. The van der Waals surface area contributed by atoms with Crippen LogP contribution in [-0.4, -0.2) is 59.9 Å². The highest BCUT2D eigenvalue weighted by molar-refractivity contribution is 7.26. The molecular formula is C23H29N5O2S. The number of nitrogens with zero attached hydrogens (tertiary/aromatic N) is 5. The second kappa shape index (κ2) is 7.53. The van der Waals surface area contributed by atoms with Crippen LogP contribution in [0.4, 0.5) is 11.6 Å². The number of hydrogen-bond acceptors (Lipinski definition) is 8. The van der Waals surface area contributed by atoms with Crippen molar-refractivity contribution in [2.75, 3.05) is 49.2 Å². The fourth-order valence-corrected chi connectivity index (χ4v) is 6.29. The molecule has 0 bridgehead atoms. The first-order valence-electron chi connectivity index (χ1n) is 11.5. The van der Waals surface area contributed by atoms with E-state index in [0.29, 0.717) is 6.61 Å². The van der Waals surface area contributed by atoms with Gasteiger partial charge >= 0.3 is 0 Å². The summed E-state index contributed by atoms with van der Waals surface area (Å²) < 4.78 is 13.2. The summed E-state index contributed by atoms with van der Waals surface area (Å²) in [7, 11) is 0. The molecule has 0 aliphatic carbocycles. The van der Waals surface area contributed by atoms with Gasteiger partial charge in [0.2, 0.25) is 0 Å². The molecule has 3 aromatic heterocycles. The van der Waals surface area contributed by atoms with E-state index in [1.54, 1.807) is 17.7 Å². The zero-order valence-corrected chi connectivity index (χ0v) is 19.1. The maximum Gasteiger partial charge on any atom is 0.150 e. The summed E-state index contributed by atoms with van der Waals surface area (Å²) >= 11 is 1.76. The number of hydrogen-bond donors (Lipinski definition) is 0. The van der Waals surface area contributed by atoms with Gasteiger partial charge in [-0.3, -0.25) is 0 Å². The zero-order valence-electron chi connectivity index (χ0n) is 18.3. The lowest BCUT2D eigenvalue weighted by Gasteiger charge is -2.37. The van der Waals surface area contributed by atoms with E-state index in [9.17, 15) is 0 Å². The molecule has 0 spiro atoms. The van der Waals surface area contributed by atoms with Crippen LogP contribution in [0.15, 0.2) is 6.33 Å².